The number of nitrogens with one attached hydrogen (secondary N) is 1. The highest BCUT2D eigenvalue weighted by Gasteiger charge is 2.20. The van der Waals surface area contributed by atoms with Crippen molar-refractivity contribution >= 4 is 17.2 Å². The molecule has 0 spiro atoms. The summed E-state index contributed by atoms with van der Waals surface area (Å²) in [5, 5.41) is 2.95. The van der Waals surface area contributed by atoms with Crippen LogP contribution in [-0.4, -0.2) is 48.1 Å². The maximum atomic E-state index is 12.0. The van der Waals surface area contributed by atoms with E-state index in [1.165, 1.54) is 16.9 Å². The number of carbonyl (C=O) groups excluding carboxylic acids is 1. The van der Waals surface area contributed by atoms with Crippen LogP contribution in [0.25, 0.3) is 0 Å². The molecule has 1 fully saturated rings. The van der Waals surface area contributed by atoms with Gasteiger partial charge in [0.1, 0.15) is 4.88 Å². The summed E-state index contributed by atoms with van der Waals surface area (Å²) in [6.45, 7) is 4.05. The van der Waals surface area contributed by atoms with Gasteiger partial charge in [-0.2, -0.15) is 0 Å². The zero-order chi connectivity index (χ0) is 15.9. The van der Waals surface area contributed by atoms with Gasteiger partial charge >= 0.3 is 0 Å². The fourth-order valence-corrected chi connectivity index (χ4v) is 3.24. The third kappa shape index (κ3) is 4.86. The van der Waals surface area contributed by atoms with Crippen molar-refractivity contribution in [1.82, 2.24) is 15.2 Å². The van der Waals surface area contributed by atoms with Crippen LogP contribution in [0.1, 0.15) is 21.7 Å². The largest absolute Gasteiger partial charge is 0.375 e. The second-order valence-corrected chi connectivity index (χ2v) is 6.53. The first-order chi connectivity index (χ1) is 11.3. The maximum absolute atomic E-state index is 12.0. The number of hydrogen-bond acceptors (Lipinski definition) is 5. The molecule has 0 bridgehead atoms. The Labute approximate surface area is 140 Å². The van der Waals surface area contributed by atoms with Crippen LogP contribution in [0.2, 0.25) is 0 Å². The molecular weight excluding hydrogens is 310 g/mol. The predicted molar refractivity (Wildman–Crippen MR) is 90.5 cm³/mol. The predicted octanol–water partition coefficient (Wildman–Crippen LogP) is 2.16. The summed E-state index contributed by atoms with van der Waals surface area (Å²) in [7, 11) is 0. The molecule has 1 atom stereocenters. The van der Waals surface area contributed by atoms with Gasteiger partial charge < -0.3 is 10.1 Å². The average molecular weight is 331 g/mol. The van der Waals surface area contributed by atoms with Crippen LogP contribution < -0.4 is 5.32 Å². The van der Waals surface area contributed by atoms with E-state index in [1.54, 1.807) is 11.7 Å². The first-order valence-electron chi connectivity index (χ1n) is 7.86. The maximum Gasteiger partial charge on any atom is 0.263 e. The van der Waals surface area contributed by atoms with Crippen LogP contribution in [0.4, 0.5) is 0 Å². The summed E-state index contributed by atoms with van der Waals surface area (Å²) in [6, 6.07) is 10.5. The van der Waals surface area contributed by atoms with Gasteiger partial charge in [-0.1, -0.05) is 30.3 Å². The third-order valence-corrected chi connectivity index (χ3v) is 4.60. The molecule has 3 rings (SSSR count). The standard InChI is InChI=1S/C17H21N3O2S/c21-17(16-10-18-13-23-16)19-9-15-12-20(7-4-8-22-15)11-14-5-2-1-3-6-14/h1-3,5-6,10,13,15H,4,7-9,11-12H2,(H,19,21)/t15-/m1/s1. The van der Waals surface area contributed by atoms with Gasteiger partial charge in [0.05, 0.1) is 17.8 Å². The van der Waals surface area contributed by atoms with Gasteiger partial charge in [0.2, 0.25) is 0 Å². The first-order valence-corrected chi connectivity index (χ1v) is 8.74. The second kappa shape index (κ2) is 8.19. The van der Waals surface area contributed by atoms with Gasteiger partial charge in [-0.25, -0.2) is 0 Å². The summed E-state index contributed by atoms with van der Waals surface area (Å²) in [5.74, 6) is -0.0741. The SMILES string of the molecule is O=C(NC[C@@H]1CN(Cc2ccccc2)CCCO1)c1cncs1. The highest BCUT2D eigenvalue weighted by atomic mass is 32.1. The van der Waals surface area contributed by atoms with Crippen molar-refractivity contribution in [2.24, 2.45) is 0 Å². The van der Waals surface area contributed by atoms with Crippen molar-refractivity contribution in [2.45, 2.75) is 19.1 Å². The van der Waals surface area contributed by atoms with E-state index in [0.29, 0.717) is 11.4 Å². The Kier molecular flexibility index (Phi) is 5.74. The zero-order valence-corrected chi connectivity index (χ0v) is 13.8. The van der Waals surface area contributed by atoms with Crippen molar-refractivity contribution in [3.8, 4) is 0 Å². The lowest BCUT2D eigenvalue weighted by atomic mass is 10.2. The van der Waals surface area contributed by atoms with Gasteiger partial charge in [0.15, 0.2) is 0 Å². The monoisotopic (exact) mass is 331 g/mol. The van der Waals surface area contributed by atoms with Crippen molar-refractivity contribution < 1.29 is 9.53 Å². The van der Waals surface area contributed by atoms with Crippen LogP contribution in [0, 0.1) is 0 Å². The van der Waals surface area contributed by atoms with Gasteiger partial charge in [-0.05, 0) is 12.0 Å². The molecule has 23 heavy (non-hydrogen) atoms. The highest BCUT2D eigenvalue weighted by molar-refractivity contribution is 7.11. The topological polar surface area (TPSA) is 54.5 Å². The molecule has 0 radical (unpaired) electrons. The lowest BCUT2D eigenvalue weighted by molar-refractivity contribution is 0.0511. The molecule has 122 valence electrons. The lowest BCUT2D eigenvalue weighted by Crippen LogP contribution is -2.39. The minimum Gasteiger partial charge on any atom is -0.375 e. The molecule has 0 aliphatic carbocycles. The van der Waals surface area contributed by atoms with E-state index in [-0.39, 0.29) is 12.0 Å². The van der Waals surface area contributed by atoms with E-state index >= 15 is 0 Å². The van der Waals surface area contributed by atoms with Crippen molar-refractivity contribution in [3.05, 3.63) is 52.5 Å². The second-order valence-electron chi connectivity index (χ2n) is 5.64. The molecule has 1 aromatic carbocycles. The number of rotatable bonds is 5. The van der Waals surface area contributed by atoms with Crippen molar-refractivity contribution in [3.63, 3.8) is 0 Å². The smallest absolute Gasteiger partial charge is 0.263 e. The number of thiazole rings is 1. The Morgan fingerprint density at radius 2 is 2.26 bits per heavy atom. The molecule has 5 nitrogen and oxygen atoms in total. The molecule has 0 unspecified atom stereocenters. The van der Waals surface area contributed by atoms with E-state index in [9.17, 15) is 4.79 Å². The van der Waals surface area contributed by atoms with Gasteiger partial charge in [0, 0.05) is 32.8 Å². The zero-order valence-electron chi connectivity index (χ0n) is 13.0. The molecule has 1 aliphatic rings. The molecular formula is C17H21N3O2S. The number of carbonyl (C=O) groups is 1. The van der Waals surface area contributed by atoms with Crippen LogP contribution in [-0.2, 0) is 11.3 Å². The van der Waals surface area contributed by atoms with Crippen molar-refractivity contribution in [2.75, 3.05) is 26.2 Å². The van der Waals surface area contributed by atoms with Crippen LogP contribution in [0.15, 0.2) is 42.0 Å². The quantitative estimate of drug-likeness (QED) is 0.912. The highest BCUT2D eigenvalue weighted by Crippen LogP contribution is 2.11. The van der Waals surface area contributed by atoms with E-state index < -0.39 is 0 Å². The molecule has 0 saturated carbocycles. The third-order valence-electron chi connectivity index (χ3n) is 3.83. The Bertz CT molecular complexity index is 604. The summed E-state index contributed by atoms with van der Waals surface area (Å²) in [4.78, 5) is 19.0. The lowest BCUT2D eigenvalue weighted by Gasteiger charge is -2.24. The molecule has 1 amide bonds. The molecule has 6 heteroatoms. The Morgan fingerprint density at radius 1 is 1.39 bits per heavy atom. The number of amides is 1. The summed E-state index contributed by atoms with van der Waals surface area (Å²) >= 11 is 1.35. The molecule has 1 aliphatic heterocycles. The minimum absolute atomic E-state index is 0.0260. The van der Waals surface area contributed by atoms with E-state index in [1.807, 2.05) is 6.07 Å². The molecule has 1 saturated heterocycles. The number of hydrogen-bond donors (Lipinski definition) is 1. The van der Waals surface area contributed by atoms with Gasteiger partial charge in [-0.15, -0.1) is 11.3 Å². The molecule has 1 aromatic heterocycles. The molecule has 1 N–H and O–H groups in total. The fraction of sp³-hybridized carbons (Fsp3) is 0.412. The Hall–Kier alpha value is -1.76. The Morgan fingerprint density at radius 3 is 3.04 bits per heavy atom. The van der Waals surface area contributed by atoms with E-state index in [0.717, 1.165) is 32.7 Å². The van der Waals surface area contributed by atoms with Gasteiger partial charge in [-0.3, -0.25) is 14.7 Å². The first kappa shape index (κ1) is 16.1. The normalized spacial score (nSPS) is 19.2. The van der Waals surface area contributed by atoms with Crippen LogP contribution in [0.3, 0.4) is 0 Å². The van der Waals surface area contributed by atoms with Crippen LogP contribution in [0.5, 0.6) is 0 Å². The fourth-order valence-electron chi connectivity index (χ4n) is 2.70. The van der Waals surface area contributed by atoms with Crippen molar-refractivity contribution in [1.29, 1.82) is 0 Å². The number of ether oxygens (including phenoxy) is 1. The minimum atomic E-state index is -0.0741. The number of aromatic nitrogens is 1. The average Bonchev–Trinajstić information content (AvgIpc) is 3.02. The molecule has 2 heterocycles. The Balaban J connectivity index is 1.52. The number of nitrogens with zero attached hydrogens (tertiary/aromatic N) is 2. The van der Waals surface area contributed by atoms with E-state index in [4.69, 9.17) is 4.74 Å². The van der Waals surface area contributed by atoms with Gasteiger partial charge in [0.25, 0.3) is 5.91 Å². The molecule has 2 aromatic rings. The van der Waals surface area contributed by atoms with E-state index in [2.05, 4.69) is 39.5 Å². The van der Waals surface area contributed by atoms with Crippen LogP contribution >= 0.6 is 11.3 Å². The summed E-state index contributed by atoms with van der Waals surface area (Å²) < 4.78 is 5.87. The summed E-state index contributed by atoms with van der Waals surface area (Å²) in [6.07, 6.45) is 2.64. The summed E-state index contributed by atoms with van der Waals surface area (Å²) in [5.41, 5.74) is 2.97. The number of benzene rings is 1.